The summed E-state index contributed by atoms with van der Waals surface area (Å²) in [5.74, 6) is -1.35. The van der Waals surface area contributed by atoms with Gasteiger partial charge in [-0.25, -0.2) is 3.93 Å². The van der Waals surface area contributed by atoms with Gasteiger partial charge >= 0.3 is 5.97 Å². The SMILES string of the molecule is CC(=O)Oc1ccc2cccc3c2c1C(=O)N(Br)C3=O. The van der Waals surface area contributed by atoms with Crippen LogP contribution in [0.1, 0.15) is 27.6 Å². The maximum Gasteiger partial charge on any atom is 0.308 e. The maximum absolute atomic E-state index is 12.3. The summed E-state index contributed by atoms with van der Waals surface area (Å²) in [6, 6.07) is 8.43. The van der Waals surface area contributed by atoms with E-state index in [0.29, 0.717) is 10.9 Å². The van der Waals surface area contributed by atoms with Gasteiger partial charge in [0.05, 0.1) is 21.7 Å². The van der Waals surface area contributed by atoms with Gasteiger partial charge in [0.1, 0.15) is 5.75 Å². The van der Waals surface area contributed by atoms with Gasteiger partial charge in [-0.05, 0) is 17.5 Å². The first-order valence-corrected chi connectivity index (χ1v) is 6.50. The highest BCUT2D eigenvalue weighted by Gasteiger charge is 2.34. The molecule has 6 heteroatoms. The molecule has 3 rings (SSSR count). The van der Waals surface area contributed by atoms with Crippen molar-refractivity contribution in [1.29, 1.82) is 0 Å². The summed E-state index contributed by atoms with van der Waals surface area (Å²) in [5.41, 5.74) is 0.604. The molecule has 0 aliphatic carbocycles. The van der Waals surface area contributed by atoms with E-state index in [-0.39, 0.29) is 11.3 Å². The molecule has 1 aliphatic heterocycles. The van der Waals surface area contributed by atoms with Crippen molar-refractivity contribution < 1.29 is 19.1 Å². The second-order valence-electron chi connectivity index (χ2n) is 4.33. The average Bonchev–Trinajstić information content (AvgIpc) is 2.42. The van der Waals surface area contributed by atoms with Crippen LogP contribution in [0.3, 0.4) is 0 Å². The molecule has 2 amide bonds. The third kappa shape index (κ3) is 1.72. The van der Waals surface area contributed by atoms with E-state index in [2.05, 4.69) is 16.1 Å². The minimum absolute atomic E-state index is 0.152. The summed E-state index contributed by atoms with van der Waals surface area (Å²) in [4.78, 5) is 35.5. The molecule has 0 atom stereocenters. The third-order valence-corrected chi connectivity index (χ3v) is 3.71. The summed E-state index contributed by atoms with van der Waals surface area (Å²) in [6.07, 6.45) is 0. The van der Waals surface area contributed by atoms with E-state index < -0.39 is 17.8 Å². The van der Waals surface area contributed by atoms with Gasteiger partial charge in [0.25, 0.3) is 11.8 Å². The molecule has 0 saturated heterocycles. The Morgan fingerprint density at radius 2 is 1.90 bits per heavy atom. The number of rotatable bonds is 1. The molecule has 2 aromatic carbocycles. The second kappa shape index (κ2) is 4.42. The molecule has 0 saturated carbocycles. The van der Waals surface area contributed by atoms with Crippen LogP contribution < -0.4 is 4.74 Å². The van der Waals surface area contributed by atoms with Gasteiger partial charge in [0, 0.05) is 17.9 Å². The van der Waals surface area contributed by atoms with Crippen LogP contribution in [0.25, 0.3) is 10.8 Å². The molecule has 0 fully saturated rings. The van der Waals surface area contributed by atoms with Crippen LogP contribution in [-0.2, 0) is 4.79 Å². The number of esters is 1. The van der Waals surface area contributed by atoms with Crippen LogP contribution in [0, 0.1) is 0 Å². The summed E-state index contributed by atoms with van der Waals surface area (Å²) in [6.45, 7) is 1.26. The second-order valence-corrected chi connectivity index (χ2v) is 5.04. The lowest BCUT2D eigenvalue weighted by atomic mass is 9.94. The van der Waals surface area contributed by atoms with E-state index in [4.69, 9.17) is 4.74 Å². The quantitative estimate of drug-likeness (QED) is 0.348. The van der Waals surface area contributed by atoms with Gasteiger partial charge in [-0.3, -0.25) is 14.4 Å². The lowest BCUT2D eigenvalue weighted by Crippen LogP contribution is -2.33. The zero-order valence-corrected chi connectivity index (χ0v) is 11.9. The van der Waals surface area contributed by atoms with Crippen molar-refractivity contribution in [3.05, 3.63) is 41.5 Å². The fraction of sp³-hybridized carbons (Fsp3) is 0.0714. The highest BCUT2D eigenvalue weighted by Crippen LogP contribution is 2.36. The standard InChI is InChI=1S/C14H8BrNO4/c1-7(17)20-10-6-5-8-3-2-4-9-11(8)12(10)14(19)16(15)13(9)18/h2-6H,1H3. The van der Waals surface area contributed by atoms with Gasteiger partial charge in [-0.15, -0.1) is 0 Å². The number of carbonyl (C=O) groups is 3. The first-order valence-electron chi connectivity index (χ1n) is 5.79. The smallest absolute Gasteiger partial charge is 0.308 e. The van der Waals surface area contributed by atoms with Crippen molar-refractivity contribution >= 4 is 44.7 Å². The largest absolute Gasteiger partial charge is 0.426 e. The molecule has 2 aromatic rings. The van der Waals surface area contributed by atoms with Crippen molar-refractivity contribution in [2.75, 3.05) is 0 Å². The molecular weight excluding hydrogens is 326 g/mol. The fourth-order valence-electron chi connectivity index (χ4n) is 2.29. The molecular formula is C14H8BrNO4. The first kappa shape index (κ1) is 12.8. The lowest BCUT2D eigenvalue weighted by Gasteiger charge is -2.23. The normalized spacial score (nSPS) is 13.8. The highest BCUT2D eigenvalue weighted by molar-refractivity contribution is 9.08. The molecule has 100 valence electrons. The number of carbonyl (C=O) groups excluding carboxylic acids is 3. The molecule has 0 N–H and O–H groups in total. The molecule has 0 spiro atoms. The number of amides is 2. The Bertz CT molecular complexity index is 784. The predicted octanol–water partition coefficient (Wildman–Crippen LogP) is 2.67. The third-order valence-electron chi connectivity index (χ3n) is 3.06. The Labute approximate surface area is 122 Å². The van der Waals surface area contributed by atoms with Crippen molar-refractivity contribution in [1.82, 2.24) is 3.93 Å². The van der Waals surface area contributed by atoms with Gasteiger partial charge in [-0.1, -0.05) is 18.2 Å². The van der Waals surface area contributed by atoms with Crippen LogP contribution >= 0.6 is 16.1 Å². The van der Waals surface area contributed by atoms with Crippen molar-refractivity contribution in [3.8, 4) is 5.75 Å². The minimum Gasteiger partial charge on any atom is -0.426 e. The molecule has 20 heavy (non-hydrogen) atoms. The number of nitrogens with zero attached hydrogens (tertiary/aromatic N) is 1. The first-order chi connectivity index (χ1) is 9.50. The van der Waals surface area contributed by atoms with Crippen molar-refractivity contribution in [3.63, 3.8) is 0 Å². The predicted molar refractivity (Wildman–Crippen MR) is 74.7 cm³/mol. The number of ether oxygens (including phenoxy) is 1. The summed E-state index contributed by atoms with van der Waals surface area (Å²) in [7, 11) is 0. The molecule has 0 aromatic heterocycles. The zero-order valence-electron chi connectivity index (χ0n) is 10.3. The van der Waals surface area contributed by atoms with E-state index in [1.54, 1.807) is 30.3 Å². The van der Waals surface area contributed by atoms with E-state index in [9.17, 15) is 14.4 Å². The van der Waals surface area contributed by atoms with Crippen LogP contribution in [0.4, 0.5) is 0 Å². The van der Waals surface area contributed by atoms with E-state index in [0.717, 1.165) is 9.31 Å². The molecule has 1 heterocycles. The van der Waals surface area contributed by atoms with Gasteiger partial charge < -0.3 is 4.74 Å². The monoisotopic (exact) mass is 333 g/mol. The van der Waals surface area contributed by atoms with Crippen molar-refractivity contribution in [2.24, 2.45) is 0 Å². The fourth-order valence-corrected chi connectivity index (χ4v) is 2.66. The van der Waals surface area contributed by atoms with Crippen LogP contribution in [0.5, 0.6) is 5.75 Å². The highest BCUT2D eigenvalue weighted by atomic mass is 79.9. The van der Waals surface area contributed by atoms with Gasteiger partial charge in [0.15, 0.2) is 0 Å². The Hall–Kier alpha value is -2.21. The van der Waals surface area contributed by atoms with Crippen LogP contribution in [0.2, 0.25) is 0 Å². The Kier molecular flexibility index (Phi) is 2.83. The lowest BCUT2D eigenvalue weighted by molar-refractivity contribution is -0.131. The molecule has 0 bridgehead atoms. The van der Waals surface area contributed by atoms with E-state index in [1.165, 1.54) is 6.92 Å². The van der Waals surface area contributed by atoms with Crippen LogP contribution in [0.15, 0.2) is 30.3 Å². The molecule has 0 radical (unpaired) electrons. The topological polar surface area (TPSA) is 63.7 Å². The minimum atomic E-state index is -0.546. The number of halogens is 1. The number of hydrogen-bond donors (Lipinski definition) is 0. The average molecular weight is 334 g/mol. The Balaban J connectivity index is 2.41. The number of benzene rings is 2. The molecule has 5 nitrogen and oxygen atoms in total. The summed E-state index contributed by atoms with van der Waals surface area (Å²) >= 11 is 2.95. The van der Waals surface area contributed by atoms with Crippen molar-refractivity contribution in [2.45, 2.75) is 6.92 Å². The molecule has 1 aliphatic rings. The van der Waals surface area contributed by atoms with E-state index in [1.807, 2.05) is 0 Å². The van der Waals surface area contributed by atoms with Gasteiger partial charge in [0.2, 0.25) is 0 Å². The van der Waals surface area contributed by atoms with Gasteiger partial charge in [-0.2, -0.15) is 0 Å². The maximum atomic E-state index is 12.3. The Morgan fingerprint density at radius 3 is 2.60 bits per heavy atom. The zero-order chi connectivity index (χ0) is 14.4. The Morgan fingerprint density at radius 1 is 1.15 bits per heavy atom. The van der Waals surface area contributed by atoms with Crippen LogP contribution in [-0.4, -0.2) is 21.7 Å². The number of hydrogen-bond acceptors (Lipinski definition) is 4. The number of imide groups is 1. The summed E-state index contributed by atoms with van der Waals surface area (Å²) in [5, 5.41) is 1.26. The molecule has 0 unspecified atom stereocenters. The van der Waals surface area contributed by atoms with E-state index >= 15 is 0 Å². The summed E-state index contributed by atoms with van der Waals surface area (Å²) < 4.78 is 5.91.